The Morgan fingerprint density at radius 1 is 1.53 bits per heavy atom. The summed E-state index contributed by atoms with van der Waals surface area (Å²) in [4.78, 5) is 0. The number of hydrogen-bond donors (Lipinski definition) is 3. The highest BCUT2D eigenvalue weighted by Crippen LogP contribution is 2.15. The third-order valence-electron chi connectivity index (χ3n) is 2.91. The maximum atomic E-state index is 10.1. The van der Waals surface area contributed by atoms with Crippen molar-refractivity contribution in [3.63, 3.8) is 0 Å². The zero-order valence-corrected chi connectivity index (χ0v) is 10.3. The molecule has 90 valence electrons. The summed E-state index contributed by atoms with van der Waals surface area (Å²) in [5.41, 5.74) is -0.563. The second kappa shape index (κ2) is 5.83. The molecule has 1 saturated heterocycles. The second-order valence-corrected chi connectivity index (χ2v) is 5.52. The fraction of sp³-hybridized carbons (Fsp3) is 1.00. The Hall–Kier alpha value is -0.120. The number of rotatable bonds is 6. The van der Waals surface area contributed by atoms with Gasteiger partial charge in [-0.2, -0.15) is 0 Å². The van der Waals surface area contributed by atoms with E-state index >= 15 is 0 Å². The maximum Gasteiger partial charge on any atom is 0.0746 e. The van der Waals surface area contributed by atoms with Crippen LogP contribution in [-0.2, 0) is 0 Å². The van der Waals surface area contributed by atoms with Crippen molar-refractivity contribution in [2.45, 2.75) is 51.7 Å². The first-order chi connectivity index (χ1) is 6.99. The Morgan fingerprint density at radius 2 is 2.27 bits per heavy atom. The van der Waals surface area contributed by atoms with E-state index in [0.717, 1.165) is 19.5 Å². The lowest BCUT2D eigenvalue weighted by Crippen LogP contribution is -2.43. The highest BCUT2D eigenvalue weighted by Gasteiger charge is 2.22. The van der Waals surface area contributed by atoms with Gasteiger partial charge < -0.3 is 15.7 Å². The number of aliphatic hydroxyl groups is 1. The summed E-state index contributed by atoms with van der Waals surface area (Å²) in [6.45, 7) is 9.04. The molecule has 0 amide bonds. The van der Waals surface area contributed by atoms with Crippen molar-refractivity contribution < 1.29 is 5.11 Å². The standard InChI is InChI=1S/C12H26N2O/c1-10(2)7-12(3,15)9-13-8-11-5-4-6-14-11/h10-11,13-15H,4-9H2,1-3H3. The molecule has 0 aromatic carbocycles. The number of nitrogens with one attached hydrogen (secondary N) is 2. The van der Waals surface area contributed by atoms with Crippen LogP contribution in [0.4, 0.5) is 0 Å². The van der Waals surface area contributed by atoms with Gasteiger partial charge in [-0.1, -0.05) is 13.8 Å². The van der Waals surface area contributed by atoms with Crippen LogP contribution in [0.15, 0.2) is 0 Å². The SMILES string of the molecule is CC(C)CC(C)(O)CNCC1CCCN1. The van der Waals surface area contributed by atoms with E-state index in [2.05, 4.69) is 24.5 Å². The van der Waals surface area contributed by atoms with Gasteiger partial charge >= 0.3 is 0 Å². The van der Waals surface area contributed by atoms with Crippen molar-refractivity contribution in [2.24, 2.45) is 5.92 Å². The molecule has 0 aromatic rings. The van der Waals surface area contributed by atoms with E-state index in [1.807, 2.05) is 6.92 Å². The van der Waals surface area contributed by atoms with E-state index < -0.39 is 5.60 Å². The van der Waals surface area contributed by atoms with Crippen molar-refractivity contribution in [1.29, 1.82) is 0 Å². The van der Waals surface area contributed by atoms with Crippen molar-refractivity contribution in [1.82, 2.24) is 10.6 Å². The maximum absolute atomic E-state index is 10.1. The van der Waals surface area contributed by atoms with Crippen LogP contribution in [0.1, 0.15) is 40.0 Å². The average Bonchev–Trinajstić information content (AvgIpc) is 2.53. The van der Waals surface area contributed by atoms with Crippen LogP contribution < -0.4 is 10.6 Å². The molecule has 0 aromatic heterocycles. The third kappa shape index (κ3) is 5.50. The van der Waals surface area contributed by atoms with E-state index in [4.69, 9.17) is 0 Å². The van der Waals surface area contributed by atoms with Gasteiger partial charge in [-0.15, -0.1) is 0 Å². The van der Waals surface area contributed by atoms with Crippen LogP contribution in [0.3, 0.4) is 0 Å². The molecule has 1 heterocycles. The van der Waals surface area contributed by atoms with Crippen molar-refractivity contribution >= 4 is 0 Å². The Labute approximate surface area is 93.6 Å². The highest BCUT2D eigenvalue weighted by molar-refractivity contribution is 4.81. The molecule has 0 saturated carbocycles. The first-order valence-corrected chi connectivity index (χ1v) is 6.16. The summed E-state index contributed by atoms with van der Waals surface area (Å²) in [5, 5.41) is 16.9. The lowest BCUT2D eigenvalue weighted by molar-refractivity contribution is 0.0383. The van der Waals surface area contributed by atoms with Crippen molar-refractivity contribution in [3.05, 3.63) is 0 Å². The zero-order valence-electron chi connectivity index (χ0n) is 10.3. The molecule has 1 rings (SSSR count). The van der Waals surface area contributed by atoms with E-state index in [1.54, 1.807) is 0 Å². The first-order valence-electron chi connectivity index (χ1n) is 6.16. The molecule has 1 aliphatic heterocycles. The number of hydrogen-bond acceptors (Lipinski definition) is 3. The molecule has 3 N–H and O–H groups in total. The largest absolute Gasteiger partial charge is 0.389 e. The Balaban J connectivity index is 2.11. The molecule has 3 heteroatoms. The molecule has 3 nitrogen and oxygen atoms in total. The molecule has 2 atom stereocenters. The van der Waals surface area contributed by atoms with Gasteiger partial charge in [0.2, 0.25) is 0 Å². The molecule has 15 heavy (non-hydrogen) atoms. The minimum atomic E-state index is -0.563. The molecule has 0 aliphatic carbocycles. The van der Waals surface area contributed by atoms with Crippen LogP contribution in [0, 0.1) is 5.92 Å². The summed E-state index contributed by atoms with van der Waals surface area (Å²) in [7, 11) is 0. The van der Waals surface area contributed by atoms with E-state index in [1.165, 1.54) is 12.8 Å². The minimum absolute atomic E-state index is 0.548. The van der Waals surface area contributed by atoms with E-state index in [-0.39, 0.29) is 0 Å². The van der Waals surface area contributed by atoms with E-state index in [0.29, 0.717) is 18.5 Å². The molecular formula is C12H26N2O. The highest BCUT2D eigenvalue weighted by atomic mass is 16.3. The fourth-order valence-corrected chi connectivity index (χ4v) is 2.40. The fourth-order valence-electron chi connectivity index (χ4n) is 2.40. The lowest BCUT2D eigenvalue weighted by Gasteiger charge is -2.26. The molecular weight excluding hydrogens is 188 g/mol. The van der Waals surface area contributed by atoms with Gasteiger partial charge in [0, 0.05) is 19.1 Å². The first kappa shape index (κ1) is 12.9. The molecule has 0 spiro atoms. The van der Waals surface area contributed by atoms with Crippen molar-refractivity contribution in [3.8, 4) is 0 Å². The summed E-state index contributed by atoms with van der Waals surface area (Å²) in [6.07, 6.45) is 3.41. The van der Waals surface area contributed by atoms with Crippen LogP contribution >= 0.6 is 0 Å². The molecule has 0 radical (unpaired) electrons. The van der Waals surface area contributed by atoms with Gasteiger partial charge in [0.25, 0.3) is 0 Å². The summed E-state index contributed by atoms with van der Waals surface area (Å²) in [5.74, 6) is 0.548. The van der Waals surface area contributed by atoms with Gasteiger partial charge in [-0.05, 0) is 38.6 Å². The van der Waals surface area contributed by atoms with Crippen molar-refractivity contribution in [2.75, 3.05) is 19.6 Å². The minimum Gasteiger partial charge on any atom is -0.389 e. The second-order valence-electron chi connectivity index (χ2n) is 5.52. The van der Waals surface area contributed by atoms with Crippen LogP contribution in [0.25, 0.3) is 0 Å². The van der Waals surface area contributed by atoms with Crippen LogP contribution in [-0.4, -0.2) is 36.4 Å². The van der Waals surface area contributed by atoms with Gasteiger partial charge in [-0.25, -0.2) is 0 Å². The molecule has 1 aliphatic rings. The Bertz CT molecular complexity index is 174. The van der Waals surface area contributed by atoms with Gasteiger partial charge in [-0.3, -0.25) is 0 Å². The quantitative estimate of drug-likeness (QED) is 0.621. The molecule has 2 unspecified atom stereocenters. The summed E-state index contributed by atoms with van der Waals surface area (Å²) < 4.78 is 0. The molecule has 1 fully saturated rings. The Kier molecular flexibility index (Phi) is 5.03. The lowest BCUT2D eigenvalue weighted by atomic mass is 9.94. The smallest absolute Gasteiger partial charge is 0.0746 e. The van der Waals surface area contributed by atoms with Crippen LogP contribution in [0.2, 0.25) is 0 Å². The third-order valence-corrected chi connectivity index (χ3v) is 2.91. The summed E-state index contributed by atoms with van der Waals surface area (Å²) in [6, 6.07) is 0.611. The molecule has 0 bridgehead atoms. The van der Waals surface area contributed by atoms with Crippen LogP contribution in [0.5, 0.6) is 0 Å². The predicted molar refractivity (Wildman–Crippen MR) is 64.0 cm³/mol. The van der Waals surface area contributed by atoms with Gasteiger partial charge in [0.1, 0.15) is 0 Å². The van der Waals surface area contributed by atoms with E-state index in [9.17, 15) is 5.11 Å². The van der Waals surface area contributed by atoms with Gasteiger partial charge in [0.05, 0.1) is 5.60 Å². The Morgan fingerprint density at radius 3 is 2.80 bits per heavy atom. The summed E-state index contributed by atoms with van der Waals surface area (Å²) >= 11 is 0. The average molecular weight is 214 g/mol. The normalized spacial score (nSPS) is 25.8. The van der Waals surface area contributed by atoms with Gasteiger partial charge in [0.15, 0.2) is 0 Å². The monoisotopic (exact) mass is 214 g/mol. The predicted octanol–water partition coefficient (Wildman–Crippen LogP) is 1.13. The zero-order chi connectivity index (χ0) is 11.3. The topological polar surface area (TPSA) is 44.3 Å².